The first kappa shape index (κ1) is 19.5. The second-order valence-electron chi connectivity index (χ2n) is 7.34. The van der Waals surface area contributed by atoms with Crippen molar-refractivity contribution in [2.45, 2.75) is 36.6 Å². The largest absolute Gasteiger partial charge is 0.335 e. The fraction of sp³-hybridized carbons (Fsp3) is 0.450. The zero-order valence-corrected chi connectivity index (χ0v) is 17.1. The van der Waals surface area contributed by atoms with Crippen molar-refractivity contribution in [3.8, 4) is 0 Å². The Morgan fingerprint density at radius 3 is 2.39 bits per heavy atom. The third-order valence-corrected chi connectivity index (χ3v) is 8.55. The van der Waals surface area contributed by atoms with Gasteiger partial charge in [-0.15, -0.1) is 11.3 Å². The van der Waals surface area contributed by atoms with Gasteiger partial charge in [0.25, 0.3) is 0 Å². The Labute approximate surface area is 168 Å². The minimum Gasteiger partial charge on any atom is -0.335 e. The molecule has 0 aliphatic carbocycles. The van der Waals surface area contributed by atoms with Crippen molar-refractivity contribution >= 4 is 27.3 Å². The Bertz CT molecular complexity index is 921. The molecule has 150 valence electrons. The van der Waals surface area contributed by atoms with Gasteiger partial charge in [0.1, 0.15) is 5.82 Å². The average molecular weight is 423 g/mol. The molecule has 4 rings (SSSR count). The minimum atomic E-state index is -3.65. The Balaban J connectivity index is 1.41. The van der Waals surface area contributed by atoms with Gasteiger partial charge in [-0.2, -0.15) is 4.31 Å². The zero-order chi connectivity index (χ0) is 19.7. The standard InChI is InChI=1S/C20H23FN2O3S2/c21-16-5-7-17(8-6-16)28(25,26)22-12-9-15(10-13-22)20(24)23-11-1-3-18(23)19-4-2-14-27-19/h2,4-8,14-15,18H,1,3,9-13H2. The summed E-state index contributed by atoms with van der Waals surface area (Å²) >= 11 is 1.68. The Morgan fingerprint density at radius 2 is 1.75 bits per heavy atom. The van der Waals surface area contributed by atoms with Crippen LogP contribution in [0.2, 0.25) is 0 Å². The van der Waals surface area contributed by atoms with E-state index in [1.807, 2.05) is 16.3 Å². The van der Waals surface area contributed by atoms with Gasteiger partial charge in [0.2, 0.25) is 15.9 Å². The highest BCUT2D eigenvalue weighted by atomic mass is 32.2. The van der Waals surface area contributed by atoms with Crippen LogP contribution in [0.3, 0.4) is 0 Å². The Hall–Kier alpha value is -1.77. The van der Waals surface area contributed by atoms with Crippen molar-refractivity contribution in [1.29, 1.82) is 0 Å². The van der Waals surface area contributed by atoms with Gasteiger partial charge in [-0.1, -0.05) is 6.07 Å². The van der Waals surface area contributed by atoms with Gasteiger partial charge in [0.15, 0.2) is 0 Å². The van der Waals surface area contributed by atoms with Crippen LogP contribution in [0.5, 0.6) is 0 Å². The molecule has 0 spiro atoms. The Kier molecular flexibility index (Phi) is 5.53. The number of benzene rings is 1. The fourth-order valence-electron chi connectivity index (χ4n) is 4.14. The van der Waals surface area contributed by atoms with Crippen molar-refractivity contribution in [2.24, 2.45) is 5.92 Å². The highest BCUT2D eigenvalue weighted by Gasteiger charge is 2.37. The average Bonchev–Trinajstić information content (AvgIpc) is 3.39. The van der Waals surface area contributed by atoms with E-state index in [1.165, 1.54) is 21.3 Å². The van der Waals surface area contributed by atoms with E-state index < -0.39 is 15.8 Å². The fourth-order valence-corrected chi connectivity index (χ4v) is 6.48. The molecular weight excluding hydrogens is 399 g/mol. The minimum absolute atomic E-state index is 0.0935. The number of hydrogen-bond donors (Lipinski definition) is 0. The number of halogens is 1. The summed E-state index contributed by atoms with van der Waals surface area (Å²) in [4.78, 5) is 16.4. The molecule has 28 heavy (non-hydrogen) atoms. The molecule has 0 N–H and O–H groups in total. The molecule has 1 amide bonds. The quantitative estimate of drug-likeness (QED) is 0.756. The van der Waals surface area contributed by atoms with E-state index in [0.717, 1.165) is 31.5 Å². The lowest BCUT2D eigenvalue weighted by atomic mass is 9.96. The summed E-state index contributed by atoms with van der Waals surface area (Å²) in [5.74, 6) is -0.455. The van der Waals surface area contributed by atoms with Crippen LogP contribution in [0.25, 0.3) is 0 Å². The smallest absolute Gasteiger partial charge is 0.243 e. The van der Waals surface area contributed by atoms with E-state index in [1.54, 1.807) is 11.3 Å². The lowest BCUT2D eigenvalue weighted by Crippen LogP contribution is -2.44. The van der Waals surface area contributed by atoms with Gasteiger partial charge in [-0.25, -0.2) is 12.8 Å². The molecule has 0 radical (unpaired) electrons. The van der Waals surface area contributed by atoms with E-state index in [4.69, 9.17) is 0 Å². The molecule has 0 bridgehead atoms. The number of carbonyl (C=O) groups excluding carboxylic acids is 1. The molecule has 2 aromatic rings. The predicted molar refractivity (Wildman–Crippen MR) is 106 cm³/mol. The summed E-state index contributed by atoms with van der Waals surface area (Å²) in [6.07, 6.45) is 3.04. The molecule has 2 aliphatic rings. The highest BCUT2D eigenvalue weighted by Crippen LogP contribution is 2.37. The summed E-state index contributed by atoms with van der Waals surface area (Å²) < 4.78 is 40.0. The number of rotatable bonds is 4. The number of sulfonamides is 1. The molecule has 2 aliphatic heterocycles. The van der Waals surface area contributed by atoms with Crippen molar-refractivity contribution in [1.82, 2.24) is 9.21 Å². The maximum Gasteiger partial charge on any atom is 0.243 e. The summed E-state index contributed by atoms with van der Waals surface area (Å²) in [5, 5.41) is 2.04. The molecule has 1 atom stereocenters. The van der Waals surface area contributed by atoms with Gasteiger partial charge in [0, 0.05) is 30.4 Å². The van der Waals surface area contributed by atoms with Gasteiger partial charge >= 0.3 is 0 Å². The molecule has 8 heteroatoms. The first-order chi connectivity index (χ1) is 13.5. The van der Waals surface area contributed by atoms with Crippen molar-refractivity contribution < 1.29 is 17.6 Å². The summed E-state index contributed by atoms with van der Waals surface area (Å²) in [7, 11) is -3.65. The van der Waals surface area contributed by atoms with Crippen LogP contribution in [-0.4, -0.2) is 43.2 Å². The van der Waals surface area contributed by atoms with Crippen LogP contribution < -0.4 is 0 Å². The molecule has 1 aromatic heterocycles. The maximum atomic E-state index is 13.1. The lowest BCUT2D eigenvalue weighted by Gasteiger charge is -2.34. The third kappa shape index (κ3) is 3.73. The van der Waals surface area contributed by atoms with E-state index in [9.17, 15) is 17.6 Å². The van der Waals surface area contributed by atoms with Crippen molar-refractivity contribution in [3.63, 3.8) is 0 Å². The van der Waals surface area contributed by atoms with Crippen LogP contribution in [0.15, 0.2) is 46.7 Å². The molecule has 0 saturated carbocycles. The first-order valence-electron chi connectivity index (χ1n) is 9.56. The normalized spacial score (nSPS) is 21.9. The van der Waals surface area contributed by atoms with E-state index in [0.29, 0.717) is 25.9 Å². The van der Waals surface area contributed by atoms with Crippen LogP contribution in [0.1, 0.15) is 36.6 Å². The van der Waals surface area contributed by atoms with Crippen LogP contribution in [-0.2, 0) is 14.8 Å². The number of carbonyl (C=O) groups is 1. The monoisotopic (exact) mass is 422 g/mol. The van der Waals surface area contributed by atoms with E-state index in [-0.39, 0.29) is 22.8 Å². The first-order valence-corrected chi connectivity index (χ1v) is 11.9. The number of piperidine rings is 1. The second kappa shape index (κ2) is 7.93. The molecule has 2 fully saturated rings. The SMILES string of the molecule is O=C(C1CCN(S(=O)(=O)c2ccc(F)cc2)CC1)N1CCCC1c1cccs1. The Morgan fingerprint density at radius 1 is 1.04 bits per heavy atom. The molecule has 1 unspecified atom stereocenters. The number of nitrogens with zero attached hydrogens (tertiary/aromatic N) is 2. The van der Waals surface area contributed by atoms with Crippen molar-refractivity contribution in [2.75, 3.05) is 19.6 Å². The number of thiophene rings is 1. The van der Waals surface area contributed by atoms with Crippen LogP contribution in [0.4, 0.5) is 4.39 Å². The van der Waals surface area contributed by atoms with Crippen LogP contribution >= 0.6 is 11.3 Å². The molecule has 2 saturated heterocycles. The van der Waals surface area contributed by atoms with Gasteiger partial charge in [-0.3, -0.25) is 4.79 Å². The predicted octanol–water partition coefficient (Wildman–Crippen LogP) is 3.65. The third-order valence-electron chi connectivity index (χ3n) is 5.66. The van der Waals surface area contributed by atoms with E-state index in [2.05, 4.69) is 6.07 Å². The van der Waals surface area contributed by atoms with Crippen molar-refractivity contribution in [3.05, 3.63) is 52.5 Å². The van der Waals surface area contributed by atoms with Gasteiger partial charge in [-0.05, 0) is 61.4 Å². The summed E-state index contributed by atoms with van der Waals surface area (Å²) in [6.45, 7) is 1.40. The highest BCUT2D eigenvalue weighted by molar-refractivity contribution is 7.89. The van der Waals surface area contributed by atoms with E-state index >= 15 is 0 Å². The molecule has 1 aromatic carbocycles. The zero-order valence-electron chi connectivity index (χ0n) is 15.5. The number of likely N-dealkylation sites (tertiary alicyclic amines) is 1. The van der Waals surface area contributed by atoms with Gasteiger partial charge in [0.05, 0.1) is 10.9 Å². The maximum absolute atomic E-state index is 13.1. The second-order valence-corrected chi connectivity index (χ2v) is 10.3. The topological polar surface area (TPSA) is 57.7 Å². The molecular formula is C20H23FN2O3S2. The van der Waals surface area contributed by atoms with Crippen LogP contribution in [0, 0.1) is 11.7 Å². The molecule has 3 heterocycles. The van der Waals surface area contributed by atoms with Gasteiger partial charge < -0.3 is 4.90 Å². The summed E-state index contributed by atoms with van der Waals surface area (Å²) in [6, 6.07) is 9.14. The number of amides is 1. The summed E-state index contributed by atoms with van der Waals surface area (Å²) in [5.41, 5.74) is 0. The molecule has 5 nitrogen and oxygen atoms in total. The lowest BCUT2D eigenvalue weighted by molar-refractivity contribution is -0.137. The number of hydrogen-bond acceptors (Lipinski definition) is 4.